The number of anilines is 1. The summed E-state index contributed by atoms with van der Waals surface area (Å²) in [4.78, 5) is 0. The minimum atomic E-state index is 0.908. The Kier molecular flexibility index (Phi) is 4.47. The van der Waals surface area contributed by atoms with E-state index in [1.165, 1.54) is 5.56 Å². The Morgan fingerprint density at radius 2 is 2.00 bits per heavy atom. The van der Waals surface area contributed by atoms with Gasteiger partial charge >= 0.3 is 0 Å². The van der Waals surface area contributed by atoms with E-state index in [1.807, 2.05) is 7.05 Å². The van der Waals surface area contributed by atoms with Gasteiger partial charge in [-0.2, -0.15) is 12.6 Å². The number of hydrogen-bond acceptors (Lipinski definition) is 2. The highest BCUT2D eigenvalue weighted by molar-refractivity contribution is 7.80. The van der Waals surface area contributed by atoms with Gasteiger partial charge in [0.05, 0.1) is 0 Å². The van der Waals surface area contributed by atoms with Crippen LogP contribution in [0.1, 0.15) is 12.0 Å². The van der Waals surface area contributed by atoms with Crippen LogP contribution in [0.3, 0.4) is 0 Å². The monoisotopic (exact) mass is 193 g/mol. The molecule has 1 nitrogen and oxygen atoms in total. The van der Waals surface area contributed by atoms with E-state index >= 15 is 0 Å². The van der Waals surface area contributed by atoms with Crippen molar-refractivity contribution in [3.05, 3.63) is 35.9 Å². The van der Waals surface area contributed by atoms with Crippen LogP contribution in [0.4, 0.5) is 5.69 Å². The molecular weight excluding hydrogens is 178 g/mol. The Labute approximate surface area is 85.3 Å². The van der Waals surface area contributed by atoms with E-state index in [4.69, 9.17) is 0 Å². The molecule has 1 N–H and O–H groups in total. The Bertz CT molecular complexity index is 264. The number of thiol groups is 1. The predicted octanol–water partition coefficient (Wildman–Crippen LogP) is 3.06. The van der Waals surface area contributed by atoms with Gasteiger partial charge in [-0.05, 0) is 29.9 Å². The van der Waals surface area contributed by atoms with Crippen LogP contribution >= 0.6 is 12.6 Å². The summed E-state index contributed by atoms with van der Waals surface area (Å²) in [5, 5.41) is 3.09. The van der Waals surface area contributed by atoms with E-state index in [0.717, 1.165) is 17.9 Å². The van der Waals surface area contributed by atoms with Gasteiger partial charge < -0.3 is 5.32 Å². The Hall–Kier alpha value is -0.890. The van der Waals surface area contributed by atoms with Crippen molar-refractivity contribution in [2.45, 2.75) is 6.42 Å². The molecule has 0 saturated heterocycles. The zero-order valence-corrected chi connectivity index (χ0v) is 8.72. The summed E-state index contributed by atoms with van der Waals surface area (Å²) < 4.78 is 0. The first-order valence-corrected chi connectivity index (χ1v) is 5.05. The summed E-state index contributed by atoms with van der Waals surface area (Å²) >= 11 is 4.14. The van der Waals surface area contributed by atoms with Crippen molar-refractivity contribution in [1.82, 2.24) is 0 Å². The lowest BCUT2D eigenvalue weighted by molar-refractivity contribution is 1.26. The molecule has 0 aliphatic rings. The first-order valence-electron chi connectivity index (χ1n) is 4.42. The predicted molar refractivity (Wildman–Crippen MR) is 63.5 cm³/mol. The lowest BCUT2D eigenvalue weighted by Crippen LogP contribution is -1.86. The SMILES string of the molecule is CNc1ccc(C=CCCS)cc1. The standard InChI is InChI=1S/C11H15NS/c1-12-11-7-5-10(6-8-11)4-2-3-9-13/h2,4-8,12-13H,3,9H2,1H3. The summed E-state index contributed by atoms with van der Waals surface area (Å²) in [6, 6.07) is 8.34. The largest absolute Gasteiger partial charge is 0.388 e. The normalized spacial score (nSPS) is 10.6. The molecule has 13 heavy (non-hydrogen) atoms. The third kappa shape index (κ3) is 3.55. The van der Waals surface area contributed by atoms with Crippen molar-refractivity contribution < 1.29 is 0 Å². The lowest BCUT2D eigenvalue weighted by Gasteiger charge is -1.99. The highest BCUT2D eigenvalue weighted by Gasteiger charge is 1.87. The molecule has 0 unspecified atom stereocenters. The Morgan fingerprint density at radius 1 is 1.31 bits per heavy atom. The molecule has 2 heteroatoms. The van der Waals surface area contributed by atoms with Crippen LogP contribution in [-0.2, 0) is 0 Å². The maximum atomic E-state index is 4.14. The topological polar surface area (TPSA) is 12.0 Å². The van der Waals surface area contributed by atoms with Crippen LogP contribution in [0.15, 0.2) is 30.3 Å². The molecule has 0 saturated carbocycles. The van der Waals surface area contributed by atoms with E-state index in [-0.39, 0.29) is 0 Å². The molecule has 70 valence electrons. The summed E-state index contributed by atoms with van der Waals surface area (Å²) in [6.07, 6.45) is 5.29. The van der Waals surface area contributed by atoms with Gasteiger partial charge in [0.15, 0.2) is 0 Å². The first kappa shape index (κ1) is 10.2. The van der Waals surface area contributed by atoms with E-state index in [1.54, 1.807) is 0 Å². The molecule has 0 bridgehead atoms. The molecule has 0 aliphatic carbocycles. The second kappa shape index (κ2) is 5.70. The summed E-state index contributed by atoms with van der Waals surface area (Å²) in [5.74, 6) is 0.908. The Balaban J connectivity index is 2.58. The number of nitrogens with one attached hydrogen (secondary N) is 1. The van der Waals surface area contributed by atoms with Gasteiger partial charge in [0.25, 0.3) is 0 Å². The number of rotatable bonds is 4. The van der Waals surface area contributed by atoms with Gasteiger partial charge in [-0.3, -0.25) is 0 Å². The maximum absolute atomic E-state index is 4.14. The molecular formula is C11H15NS. The molecule has 1 aromatic carbocycles. The molecule has 0 spiro atoms. The highest BCUT2D eigenvalue weighted by Crippen LogP contribution is 2.09. The van der Waals surface area contributed by atoms with Crippen molar-refractivity contribution in [2.75, 3.05) is 18.1 Å². The number of hydrogen-bond donors (Lipinski definition) is 2. The Morgan fingerprint density at radius 3 is 2.54 bits per heavy atom. The van der Waals surface area contributed by atoms with E-state index in [9.17, 15) is 0 Å². The van der Waals surface area contributed by atoms with E-state index in [2.05, 4.69) is 54.4 Å². The first-order chi connectivity index (χ1) is 6.36. The molecule has 0 atom stereocenters. The third-order valence-electron chi connectivity index (χ3n) is 1.81. The van der Waals surface area contributed by atoms with Gasteiger partial charge in [0, 0.05) is 12.7 Å². The molecule has 0 fully saturated rings. The number of allylic oxidation sites excluding steroid dienone is 1. The lowest BCUT2D eigenvalue weighted by atomic mass is 10.2. The van der Waals surface area contributed by atoms with Crippen LogP contribution in [0.25, 0.3) is 6.08 Å². The van der Waals surface area contributed by atoms with Crippen molar-refractivity contribution in [3.8, 4) is 0 Å². The van der Waals surface area contributed by atoms with Crippen LogP contribution in [0.5, 0.6) is 0 Å². The van der Waals surface area contributed by atoms with Gasteiger partial charge in [0.1, 0.15) is 0 Å². The smallest absolute Gasteiger partial charge is 0.0337 e. The second-order valence-electron chi connectivity index (χ2n) is 2.79. The maximum Gasteiger partial charge on any atom is 0.0337 e. The molecule has 0 heterocycles. The second-order valence-corrected chi connectivity index (χ2v) is 3.23. The van der Waals surface area contributed by atoms with Crippen molar-refractivity contribution in [2.24, 2.45) is 0 Å². The summed E-state index contributed by atoms with van der Waals surface area (Å²) in [7, 11) is 1.92. The third-order valence-corrected chi connectivity index (χ3v) is 2.06. The summed E-state index contributed by atoms with van der Waals surface area (Å²) in [5.41, 5.74) is 2.38. The quantitative estimate of drug-likeness (QED) is 0.700. The molecule has 0 radical (unpaired) electrons. The highest BCUT2D eigenvalue weighted by atomic mass is 32.1. The zero-order valence-electron chi connectivity index (χ0n) is 7.83. The van der Waals surface area contributed by atoms with Gasteiger partial charge in [-0.25, -0.2) is 0 Å². The molecule has 1 rings (SSSR count). The van der Waals surface area contributed by atoms with Gasteiger partial charge in [-0.15, -0.1) is 0 Å². The van der Waals surface area contributed by atoms with Crippen molar-refractivity contribution in [3.63, 3.8) is 0 Å². The van der Waals surface area contributed by atoms with Crippen molar-refractivity contribution >= 4 is 24.4 Å². The fourth-order valence-corrected chi connectivity index (χ4v) is 1.20. The minimum Gasteiger partial charge on any atom is -0.388 e. The fourth-order valence-electron chi connectivity index (χ4n) is 1.05. The zero-order chi connectivity index (χ0) is 9.52. The molecule has 0 amide bonds. The molecule has 0 aliphatic heterocycles. The summed E-state index contributed by atoms with van der Waals surface area (Å²) in [6.45, 7) is 0. The van der Waals surface area contributed by atoms with Crippen molar-refractivity contribution in [1.29, 1.82) is 0 Å². The van der Waals surface area contributed by atoms with Crippen LogP contribution in [0, 0.1) is 0 Å². The van der Waals surface area contributed by atoms with Gasteiger partial charge in [-0.1, -0.05) is 24.3 Å². The van der Waals surface area contributed by atoms with Gasteiger partial charge in [0.2, 0.25) is 0 Å². The molecule has 0 aromatic heterocycles. The van der Waals surface area contributed by atoms with E-state index in [0.29, 0.717) is 0 Å². The van der Waals surface area contributed by atoms with Crippen LogP contribution in [0.2, 0.25) is 0 Å². The average Bonchev–Trinajstić information content (AvgIpc) is 2.19. The fraction of sp³-hybridized carbons (Fsp3) is 0.273. The minimum absolute atomic E-state index is 0.908. The molecule has 1 aromatic rings. The van der Waals surface area contributed by atoms with E-state index < -0.39 is 0 Å². The van der Waals surface area contributed by atoms with Crippen LogP contribution in [-0.4, -0.2) is 12.8 Å². The van der Waals surface area contributed by atoms with Crippen LogP contribution < -0.4 is 5.32 Å². The average molecular weight is 193 g/mol. The number of benzene rings is 1.